The first-order valence-electron chi connectivity index (χ1n) is 9.96. The number of pyridine rings is 1. The molecule has 1 N–H and O–H groups in total. The highest BCUT2D eigenvalue weighted by atomic mass is 19.3. The molecule has 2 fully saturated rings. The third-order valence-electron chi connectivity index (χ3n) is 6.29. The maximum atomic E-state index is 13.6. The number of nitrogens with zero attached hydrogens (tertiary/aromatic N) is 4. The smallest absolute Gasteiger partial charge is 0.252 e. The molecule has 8 heteroatoms. The molecule has 1 unspecified atom stereocenters. The number of halogens is 2. The van der Waals surface area contributed by atoms with Crippen molar-refractivity contribution in [3.05, 3.63) is 35.8 Å². The van der Waals surface area contributed by atoms with Crippen LogP contribution in [0.3, 0.4) is 0 Å². The average molecular weight is 399 g/mol. The monoisotopic (exact) mass is 399 g/mol. The molecule has 1 aliphatic heterocycles. The van der Waals surface area contributed by atoms with Gasteiger partial charge in [-0.15, -0.1) is 0 Å². The van der Waals surface area contributed by atoms with Crippen molar-refractivity contribution >= 4 is 16.9 Å². The van der Waals surface area contributed by atoms with Crippen LogP contribution in [0.15, 0.2) is 24.5 Å². The van der Waals surface area contributed by atoms with E-state index in [0.717, 1.165) is 40.0 Å². The van der Waals surface area contributed by atoms with Crippen molar-refractivity contribution in [2.24, 2.45) is 0 Å². The third kappa shape index (κ3) is 3.10. The van der Waals surface area contributed by atoms with Crippen LogP contribution in [-0.2, 0) is 4.79 Å². The number of rotatable bonds is 3. The summed E-state index contributed by atoms with van der Waals surface area (Å²) in [6, 6.07) is 3.67. The topological polar surface area (TPSA) is 66.8 Å². The summed E-state index contributed by atoms with van der Waals surface area (Å²) in [5, 5.41) is 5.73. The fourth-order valence-electron chi connectivity index (χ4n) is 4.42. The number of aryl methyl sites for hydroxylation is 1. The lowest BCUT2D eigenvalue weighted by Crippen LogP contribution is -2.40. The van der Waals surface area contributed by atoms with E-state index in [2.05, 4.69) is 9.97 Å². The van der Waals surface area contributed by atoms with E-state index in [0.29, 0.717) is 13.0 Å². The Morgan fingerprint density at radius 3 is 2.79 bits per heavy atom. The van der Waals surface area contributed by atoms with Crippen LogP contribution in [-0.4, -0.2) is 50.1 Å². The highest BCUT2D eigenvalue weighted by molar-refractivity contribution is 5.84. The van der Waals surface area contributed by atoms with E-state index in [-0.39, 0.29) is 30.7 Å². The number of aromatic amines is 1. The van der Waals surface area contributed by atoms with Crippen LogP contribution in [0.5, 0.6) is 0 Å². The normalized spacial score (nSPS) is 22.3. The Balaban J connectivity index is 1.55. The number of hydrogen-bond donors (Lipinski definition) is 1. The Kier molecular flexibility index (Phi) is 4.01. The molecular weight excluding hydrogens is 376 g/mol. The van der Waals surface area contributed by atoms with Crippen molar-refractivity contribution < 1.29 is 13.6 Å². The molecule has 29 heavy (non-hydrogen) atoms. The predicted molar refractivity (Wildman–Crippen MR) is 105 cm³/mol. The van der Waals surface area contributed by atoms with Crippen LogP contribution in [0.4, 0.5) is 8.78 Å². The zero-order valence-electron chi connectivity index (χ0n) is 16.5. The van der Waals surface area contributed by atoms with Crippen LogP contribution < -0.4 is 0 Å². The molecule has 2 aliphatic rings. The molecule has 0 radical (unpaired) electrons. The van der Waals surface area contributed by atoms with E-state index in [1.807, 2.05) is 25.3 Å². The molecule has 1 atom stereocenters. The molecule has 5 rings (SSSR count). The van der Waals surface area contributed by atoms with Crippen LogP contribution in [0.25, 0.3) is 22.3 Å². The second-order valence-corrected chi connectivity index (χ2v) is 8.41. The molecule has 152 valence electrons. The van der Waals surface area contributed by atoms with Gasteiger partial charge in [-0.1, -0.05) is 0 Å². The Morgan fingerprint density at radius 1 is 1.28 bits per heavy atom. The van der Waals surface area contributed by atoms with E-state index in [9.17, 15) is 13.6 Å². The standard InChI is InChI=1S/C21H23F2N5O/c1-12-10-24-20-16(12)5-14(11-25-20)17-7-18(13-3-4-27(2)19(29)6-13)28(26-17)15-8-21(22,23)9-15/h5,7,10-11,13,15H,3-4,6,8-9H2,1-2H3,(H,24,25). The number of carbonyl (C=O) groups is 1. The van der Waals surface area contributed by atoms with Crippen LogP contribution in [0, 0.1) is 6.92 Å². The molecule has 0 aromatic carbocycles. The summed E-state index contributed by atoms with van der Waals surface area (Å²) >= 11 is 0. The van der Waals surface area contributed by atoms with Crippen molar-refractivity contribution in [3.8, 4) is 11.3 Å². The number of alkyl halides is 2. The molecular formula is C21H23F2N5O. The van der Waals surface area contributed by atoms with Gasteiger partial charge in [-0.3, -0.25) is 9.48 Å². The molecule has 0 spiro atoms. The minimum Gasteiger partial charge on any atom is -0.346 e. The quantitative estimate of drug-likeness (QED) is 0.723. The van der Waals surface area contributed by atoms with Crippen molar-refractivity contribution in [2.45, 2.75) is 50.5 Å². The Hall–Kier alpha value is -2.77. The number of fused-ring (bicyclic) bond motifs is 1. The number of H-pyrrole nitrogens is 1. The molecule has 0 bridgehead atoms. The van der Waals surface area contributed by atoms with Crippen molar-refractivity contribution in [1.82, 2.24) is 24.6 Å². The number of amides is 1. The predicted octanol–water partition coefficient (Wildman–Crippen LogP) is 4.04. The number of carbonyl (C=O) groups excluding carboxylic acids is 1. The summed E-state index contributed by atoms with van der Waals surface area (Å²) in [4.78, 5) is 21.6. The lowest BCUT2D eigenvalue weighted by atomic mass is 9.86. The first-order valence-corrected chi connectivity index (χ1v) is 9.96. The first-order chi connectivity index (χ1) is 13.8. The van der Waals surface area contributed by atoms with E-state index in [1.165, 1.54) is 0 Å². The van der Waals surface area contributed by atoms with E-state index in [4.69, 9.17) is 5.10 Å². The second-order valence-electron chi connectivity index (χ2n) is 8.41. The summed E-state index contributed by atoms with van der Waals surface area (Å²) in [5.74, 6) is -2.54. The molecule has 3 aromatic heterocycles. The highest BCUT2D eigenvalue weighted by Gasteiger charge is 2.48. The molecule has 1 amide bonds. The fraction of sp³-hybridized carbons (Fsp3) is 0.476. The zero-order valence-corrected chi connectivity index (χ0v) is 16.5. The van der Waals surface area contributed by atoms with Gasteiger partial charge in [0.25, 0.3) is 5.92 Å². The SMILES string of the molecule is Cc1c[nH]c2ncc(-c3cc(C4CCN(C)C(=O)C4)n(C4CC(F)(F)C4)n3)cc12. The van der Waals surface area contributed by atoms with Gasteiger partial charge in [0, 0.05) is 67.8 Å². The molecule has 4 heterocycles. The minimum atomic E-state index is -2.63. The minimum absolute atomic E-state index is 0.000132. The number of hydrogen-bond acceptors (Lipinski definition) is 3. The Labute approximate surface area is 166 Å². The van der Waals surface area contributed by atoms with Crippen LogP contribution >= 0.6 is 0 Å². The number of piperidine rings is 1. The van der Waals surface area contributed by atoms with Gasteiger partial charge in [-0.05, 0) is 31.0 Å². The van der Waals surface area contributed by atoms with E-state index >= 15 is 0 Å². The van der Waals surface area contributed by atoms with Crippen LogP contribution in [0.2, 0.25) is 0 Å². The molecule has 1 saturated carbocycles. The fourth-order valence-corrected chi connectivity index (χ4v) is 4.42. The molecule has 6 nitrogen and oxygen atoms in total. The molecule has 3 aromatic rings. The van der Waals surface area contributed by atoms with Gasteiger partial charge in [-0.25, -0.2) is 13.8 Å². The van der Waals surface area contributed by atoms with Crippen molar-refractivity contribution in [3.63, 3.8) is 0 Å². The number of likely N-dealkylation sites (tertiary alicyclic amines) is 1. The molecule has 1 aliphatic carbocycles. The van der Waals surface area contributed by atoms with Gasteiger partial charge >= 0.3 is 0 Å². The Bertz CT molecular complexity index is 1090. The van der Waals surface area contributed by atoms with E-state index < -0.39 is 5.92 Å². The average Bonchev–Trinajstić information content (AvgIpc) is 3.26. The van der Waals surface area contributed by atoms with Crippen molar-refractivity contribution in [2.75, 3.05) is 13.6 Å². The summed E-state index contributed by atoms with van der Waals surface area (Å²) in [6.45, 7) is 2.68. The number of nitrogens with one attached hydrogen (secondary N) is 1. The summed E-state index contributed by atoms with van der Waals surface area (Å²) in [7, 11) is 1.80. The summed E-state index contributed by atoms with van der Waals surface area (Å²) in [6.07, 6.45) is 4.46. The van der Waals surface area contributed by atoms with Gasteiger partial charge < -0.3 is 9.88 Å². The molecule has 1 saturated heterocycles. The maximum absolute atomic E-state index is 13.6. The second kappa shape index (κ2) is 6.37. The zero-order chi connectivity index (χ0) is 20.3. The van der Waals surface area contributed by atoms with Gasteiger partial charge in [0.1, 0.15) is 5.65 Å². The Morgan fingerprint density at radius 2 is 2.07 bits per heavy atom. The van der Waals surface area contributed by atoms with Crippen LogP contribution in [0.1, 0.15) is 48.9 Å². The lowest BCUT2D eigenvalue weighted by molar-refractivity contribution is -0.132. The van der Waals surface area contributed by atoms with Gasteiger partial charge in [0.15, 0.2) is 0 Å². The lowest BCUT2D eigenvalue weighted by Gasteiger charge is -2.37. The number of aromatic nitrogens is 4. The van der Waals surface area contributed by atoms with Gasteiger partial charge in [0.05, 0.1) is 11.7 Å². The maximum Gasteiger partial charge on any atom is 0.252 e. The summed E-state index contributed by atoms with van der Waals surface area (Å²) in [5.41, 5.74) is 4.36. The third-order valence-corrected chi connectivity index (χ3v) is 6.29. The summed E-state index contributed by atoms with van der Waals surface area (Å²) < 4.78 is 28.9. The van der Waals surface area contributed by atoms with E-state index in [1.54, 1.807) is 22.8 Å². The van der Waals surface area contributed by atoms with Gasteiger partial charge in [0.2, 0.25) is 5.91 Å². The first kappa shape index (κ1) is 18.3. The highest BCUT2D eigenvalue weighted by Crippen LogP contribution is 2.47. The van der Waals surface area contributed by atoms with Gasteiger partial charge in [-0.2, -0.15) is 5.10 Å². The largest absolute Gasteiger partial charge is 0.346 e. The van der Waals surface area contributed by atoms with Crippen molar-refractivity contribution in [1.29, 1.82) is 0 Å².